The molecule has 11 nitrogen and oxygen atoms in total. The second kappa shape index (κ2) is 9.42. The van der Waals surface area contributed by atoms with Crippen LogP contribution in [0.15, 0.2) is 48.0 Å². The Hall–Kier alpha value is -3.67. The third-order valence-electron chi connectivity index (χ3n) is 8.92. The fraction of sp³-hybridized carbons (Fsp3) is 0.357. The van der Waals surface area contributed by atoms with Crippen molar-refractivity contribution in [3.05, 3.63) is 68.7 Å². The van der Waals surface area contributed by atoms with E-state index in [-0.39, 0.29) is 40.7 Å². The zero-order chi connectivity index (χ0) is 30.5. The molecule has 14 heteroatoms. The van der Waals surface area contributed by atoms with Crippen LogP contribution in [-0.2, 0) is 19.2 Å². The first-order valence-corrected chi connectivity index (χ1v) is 14.0. The molecule has 2 aliphatic heterocycles. The van der Waals surface area contributed by atoms with Crippen molar-refractivity contribution in [2.24, 2.45) is 17.8 Å². The summed E-state index contributed by atoms with van der Waals surface area (Å²) in [7, 11) is 2.59. The Morgan fingerprint density at radius 3 is 2.45 bits per heavy atom. The van der Waals surface area contributed by atoms with E-state index in [1.54, 1.807) is 6.08 Å². The summed E-state index contributed by atoms with van der Waals surface area (Å²) in [5.74, 6) is -6.72. The molecule has 6 atom stereocenters. The molecule has 1 N–H and O–H groups in total. The summed E-state index contributed by atoms with van der Waals surface area (Å²) >= 11 is 20.6. The number of halogens is 3. The summed E-state index contributed by atoms with van der Waals surface area (Å²) in [6, 6.07) is 8.05. The number of likely N-dealkylation sites (tertiary alicyclic amines) is 1. The Bertz CT molecular complexity index is 1660. The number of nitro groups is 1. The highest BCUT2D eigenvalue weighted by atomic mass is 35.5. The number of non-ortho nitro benzene ring substituents is 1. The molecule has 2 aliphatic carbocycles. The maximum absolute atomic E-state index is 14.0. The van der Waals surface area contributed by atoms with Crippen molar-refractivity contribution in [3.8, 4) is 11.5 Å². The number of rotatable bonds is 4. The Balaban J connectivity index is 1.52. The van der Waals surface area contributed by atoms with Gasteiger partial charge in [0.2, 0.25) is 11.8 Å². The minimum atomic E-state index is -2.04. The first kappa shape index (κ1) is 28.4. The lowest BCUT2D eigenvalue weighted by atomic mass is 9.56. The van der Waals surface area contributed by atoms with Crippen LogP contribution in [0, 0.1) is 27.9 Å². The zero-order valence-corrected chi connectivity index (χ0v) is 24.3. The number of imide groups is 2. The van der Waals surface area contributed by atoms with Crippen molar-refractivity contribution in [1.82, 2.24) is 4.90 Å². The van der Waals surface area contributed by atoms with Gasteiger partial charge in [0, 0.05) is 25.1 Å². The summed E-state index contributed by atoms with van der Waals surface area (Å²) in [6.07, 6.45) is 1.62. The molecule has 218 valence electrons. The van der Waals surface area contributed by atoms with E-state index in [9.17, 15) is 34.4 Å². The second-order valence-electron chi connectivity index (χ2n) is 10.8. The van der Waals surface area contributed by atoms with E-state index < -0.39 is 62.0 Å². The van der Waals surface area contributed by atoms with Gasteiger partial charge in [0.1, 0.15) is 0 Å². The standard InChI is InChI=1S/C28H22Cl3N3O8/c1-32-25(38)27(30)11-17-15(21(28(27,31)26(32)39)12-8-18(29)22(35)19(9-12)42-2)6-7-16-20(17)24(37)33(23(16)36)13-4-3-5-14(10-13)34(40)41/h3-6,8-10,16-17,20-21,35H,7,11H2,1-2H3/t16-,17+,20-,21-,27+,28-/m0/s1. The molecular formula is C28H22Cl3N3O8. The van der Waals surface area contributed by atoms with Crippen molar-refractivity contribution >= 4 is 69.8 Å². The molecule has 4 aliphatic rings. The number of carbonyl (C=O) groups excluding carboxylic acids is 4. The Labute approximate surface area is 253 Å². The number of hydrogen-bond donors (Lipinski definition) is 1. The molecule has 3 fully saturated rings. The number of ether oxygens (including phenoxy) is 1. The van der Waals surface area contributed by atoms with Gasteiger partial charge in [0.15, 0.2) is 21.2 Å². The Kier molecular flexibility index (Phi) is 6.38. The van der Waals surface area contributed by atoms with Gasteiger partial charge in [-0.05, 0) is 42.5 Å². The third kappa shape index (κ3) is 3.53. The first-order valence-electron chi connectivity index (χ1n) is 12.9. The summed E-state index contributed by atoms with van der Waals surface area (Å²) < 4.78 is 5.28. The molecule has 0 aromatic heterocycles. The topological polar surface area (TPSA) is 147 Å². The van der Waals surface area contributed by atoms with Crippen LogP contribution in [0.25, 0.3) is 0 Å². The monoisotopic (exact) mass is 633 g/mol. The number of carbonyl (C=O) groups is 4. The highest BCUT2D eigenvalue weighted by Gasteiger charge is 2.76. The number of anilines is 1. The van der Waals surface area contributed by atoms with E-state index in [1.165, 1.54) is 44.5 Å². The van der Waals surface area contributed by atoms with Crippen LogP contribution in [0.1, 0.15) is 24.3 Å². The highest BCUT2D eigenvalue weighted by molar-refractivity contribution is 6.53. The molecule has 2 saturated heterocycles. The van der Waals surface area contributed by atoms with Gasteiger partial charge in [-0.25, -0.2) is 4.90 Å². The molecule has 0 bridgehead atoms. The lowest BCUT2D eigenvalue weighted by molar-refractivity contribution is -0.384. The van der Waals surface area contributed by atoms with E-state index in [2.05, 4.69) is 0 Å². The second-order valence-corrected chi connectivity index (χ2v) is 12.5. The van der Waals surface area contributed by atoms with Crippen LogP contribution in [0.5, 0.6) is 11.5 Å². The van der Waals surface area contributed by atoms with Gasteiger partial charge in [-0.3, -0.25) is 34.2 Å². The van der Waals surface area contributed by atoms with Gasteiger partial charge in [0.05, 0.1) is 34.6 Å². The van der Waals surface area contributed by atoms with Crippen LogP contribution in [0.3, 0.4) is 0 Å². The van der Waals surface area contributed by atoms with Crippen LogP contribution < -0.4 is 9.64 Å². The fourth-order valence-corrected chi connectivity index (χ4v) is 8.27. The Morgan fingerprint density at radius 2 is 1.79 bits per heavy atom. The maximum atomic E-state index is 14.0. The number of alkyl halides is 2. The maximum Gasteiger partial charge on any atom is 0.271 e. The highest BCUT2D eigenvalue weighted by Crippen LogP contribution is 2.65. The Morgan fingerprint density at radius 1 is 1.07 bits per heavy atom. The number of allylic oxidation sites excluding steroid dienone is 2. The van der Waals surface area contributed by atoms with Crippen molar-refractivity contribution in [2.45, 2.75) is 28.5 Å². The number of aromatic hydroxyl groups is 1. The van der Waals surface area contributed by atoms with Crippen LogP contribution >= 0.6 is 34.8 Å². The van der Waals surface area contributed by atoms with E-state index in [1.807, 2.05) is 0 Å². The van der Waals surface area contributed by atoms with Gasteiger partial charge in [-0.1, -0.05) is 29.3 Å². The smallest absolute Gasteiger partial charge is 0.271 e. The number of hydrogen-bond acceptors (Lipinski definition) is 8. The van der Waals surface area contributed by atoms with Crippen LogP contribution in [-0.4, -0.2) is 62.5 Å². The van der Waals surface area contributed by atoms with Crippen LogP contribution in [0.2, 0.25) is 5.02 Å². The molecule has 6 rings (SSSR count). The molecule has 1 saturated carbocycles. The molecule has 0 unspecified atom stereocenters. The number of phenols is 1. The molecule has 0 radical (unpaired) electrons. The molecule has 2 heterocycles. The number of phenolic OH excluding ortho intramolecular Hbond substituents is 1. The van der Waals surface area contributed by atoms with Gasteiger partial charge >= 0.3 is 0 Å². The fourth-order valence-electron chi connectivity index (χ4n) is 7.03. The van der Waals surface area contributed by atoms with Crippen molar-refractivity contribution < 1.29 is 33.9 Å². The molecular weight excluding hydrogens is 613 g/mol. The van der Waals surface area contributed by atoms with E-state index in [0.717, 1.165) is 15.9 Å². The predicted molar refractivity (Wildman–Crippen MR) is 151 cm³/mol. The predicted octanol–water partition coefficient (Wildman–Crippen LogP) is 4.16. The summed E-state index contributed by atoms with van der Waals surface area (Å²) in [5.41, 5.74) is 0.594. The minimum absolute atomic E-state index is 0.0107. The molecule has 0 spiro atoms. The lowest BCUT2D eigenvalue weighted by Crippen LogP contribution is -2.60. The lowest BCUT2D eigenvalue weighted by Gasteiger charge is -2.50. The van der Waals surface area contributed by atoms with Crippen molar-refractivity contribution in [1.29, 1.82) is 0 Å². The average molecular weight is 635 g/mol. The van der Waals surface area contributed by atoms with E-state index in [4.69, 9.17) is 39.5 Å². The first-order chi connectivity index (χ1) is 19.8. The normalized spacial score (nSPS) is 32.0. The summed E-state index contributed by atoms with van der Waals surface area (Å²) in [4.78, 5) is 63.4. The van der Waals surface area contributed by atoms with Crippen LogP contribution in [0.4, 0.5) is 11.4 Å². The quantitative estimate of drug-likeness (QED) is 0.173. The minimum Gasteiger partial charge on any atom is -0.503 e. The number of benzene rings is 2. The van der Waals surface area contributed by atoms with Gasteiger partial charge in [0.25, 0.3) is 17.5 Å². The van der Waals surface area contributed by atoms with Crippen molar-refractivity contribution in [3.63, 3.8) is 0 Å². The molecule has 2 aromatic rings. The average Bonchev–Trinajstić information content (AvgIpc) is 3.29. The number of nitrogens with zero attached hydrogens (tertiary/aromatic N) is 3. The largest absolute Gasteiger partial charge is 0.503 e. The number of methoxy groups -OCH3 is 1. The van der Waals surface area contributed by atoms with E-state index >= 15 is 0 Å². The molecule has 42 heavy (non-hydrogen) atoms. The molecule has 4 amide bonds. The van der Waals surface area contributed by atoms with Crippen molar-refractivity contribution in [2.75, 3.05) is 19.1 Å². The van der Waals surface area contributed by atoms with Gasteiger partial charge < -0.3 is 9.84 Å². The number of amides is 4. The summed E-state index contributed by atoms with van der Waals surface area (Å²) in [5, 5.41) is 21.6. The third-order valence-corrected chi connectivity index (χ3v) is 10.6. The zero-order valence-electron chi connectivity index (χ0n) is 22.0. The number of fused-ring (bicyclic) bond motifs is 4. The van der Waals surface area contributed by atoms with E-state index in [0.29, 0.717) is 11.1 Å². The summed E-state index contributed by atoms with van der Waals surface area (Å²) in [6.45, 7) is 0. The molecule has 2 aromatic carbocycles. The number of nitro benzene ring substituents is 1. The van der Waals surface area contributed by atoms with Gasteiger partial charge in [-0.2, -0.15) is 0 Å². The van der Waals surface area contributed by atoms with Gasteiger partial charge in [-0.15, -0.1) is 23.2 Å². The SMILES string of the molecule is COc1cc([C@H]2C3=CC[C@@H]4C(=O)N(c5cccc([N+](=O)[O-])c5)C(=O)[C@@H]4[C@@H]3C[C@@]3(Cl)C(=O)N(C)C(=O)[C@@]23Cl)cc(Cl)c1O.